The Morgan fingerprint density at radius 2 is 2.06 bits per heavy atom. The highest BCUT2D eigenvalue weighted by Gasteiger charge is 2.27. The largest absolute Gasteiger partial charge is 0.390 e. The second-order valence-corrected chi connectivity index (χ2v) is 5.07. The Balaban J connectivity index is 2.23. The zero-order chi connectivity index (χ0) is 13.2. The molecule has 0 unspecified atom stereocenters. The van der Waals surface area contributed by atoms with E-state index in [1.165, 1.54) is 10.8 Å². The van der Waals surface area contributed by atoms with Crippen molar-refractivity contribution in [2.75, 3.05) is 0 Å². The number of halogens is 4. The van der Waals surface area contributed by atoms with E-state index in [-0.39, 0.29) is 6.54 Å². The van der Waals surface area contributed by atoms with Gasteiger partial charge in [-0.2, -0.15) is 13.2 Å². The number of hydrogen-bond donors (Lipinski definition) is 0. The van der Waals surface area contributed by atoms with E-state index in [2.05, 4.69) is 27.6 Å². The van der Waals surface area contributed by atoms with Gasteiger partial charge in [0.05, 0.1) is 6.42 Å². The lowest BCUT2D eigenvalue weighted by Gasteiger charge is -2.10. The fourth-order valence-corrected chi connectivity index (χ4v) is 2.17. The van der Waals surface area contributed by atoms with Gasteiger partial charge in [0, 0.05) is 28.1 Å². The number of nitrogens with zero attached hydrogens (tertiary/aromatic N) is 2. The van der Waals surface area contributed by atoms with Crippen LogP contribution in [-0.4, -0.2) is 15.7 Å². The van der Waals surface area contributed by atoms with Crippen LogP contribution in [0.15, 0.2) is 36.7 Å². The van der Waals surface area contributed by atoms with E-state index in [1.54, 1.807) is 6.20 Å². The van der Waals surface area contributed by atoms with Crippen LogP contribution in [0.1, 0.15) is 6.42 Å². The van der Waals surface area contributed by atoms with Gasteiger partial charge in [0.25, 0.3) is 0 Å². The molecule has 0 fully saturated rings. The van der Waals surface area contributed by atoms with Crippen molar-refractivity contribution in [2.24, 2.45) is 0 Å². The average molecular weight is 366 g/mol. The van der Waals surface area contributed by atoms with Gasteiger partial charge in [-0.15, -0.1) is 0 Å². The molecule has 0 saturated carbocycles. The van der Waals surface area contributed by atoms with E-state index >= 15 is 0 Å². The second-order valence-electron chi connectivity index (χ2n) is 3.82. The average Bonchev–Trinajstić information content (AvgIpc) is 2.73. The highest BCUT2D eigenvalue weighted by molar-refractivity contribution is 14.1. The number of benzene rings is 1. The quantitative estimate of drug-likeness (QED) is 0.748. The molecule has 1 aromatic heterocycles. The molecule has 2 rings (SSSR count). The molecule has 1 aromatic carbocycles. The molecular formula is C12H10F3IN2. The summed E-state index contributed by atoms with van der Waals surface area (Å²) in [6, 6.07) is 7.52. The molecule has 6 heteroatoms. The van der Waals surface area contributed by atoms with Gasteiger partial charge in [0.15, 0.2) is 0 Å². The number of imidazole rings is 1. The van der Waals surface area contributed by atoms with E-state index in [0.717, 1.165) is 9.13 Å². The van der Waals surface area contributed by atoms with Crippen molar-refractivity contribution in [3.63, 3.8) is 0 Å². The zero-order valence-corrected chi connectivity index (χ0v) is 11.4. The first-order valence-electron chi connectivity index (χ1n) is 5.29. The van der Waals surface area contributed by atoms with Gasteiger partial charge in [0.2, 0.25) is 0 Å². The first-order valence-corrected chi connectivity index (χ1v) is 6.37. The van der Waals surface area contributed by atoms with Gasteiger partial charge in [-0.05, 0) is 34.7 Å². The summed E-state index contributed by atoms with van der Waals surface area (Å²) >= 11 is 2.16. The Kier molecular flexibility index (Phi) is 3.94. The molecule has 96 valence electrons. The van der Waals surface area contributed by atoms with Crippen LogP contribution < -0.4 is 0 Å². The SMILES string of the molecule is FC(F)(F)CCn1ccnc1-c1cccc(I)c1. The number of aryl methyl sites for hydroxylation is 1. The Labute approximate surface area is 116 Å². The van der Waals surface area contributed by atoms with E-state index in [1.807, 2.05) is 24.3 Å². The summed E-state index contributed by atoms with van der Waals surface area (Å²) in [5, 5.41) is 0. The summed E-state index contributed by atoms with van der Waals surface area (Å²) < 4.78 is 39.2. The molecule has 0 atom stereocenters. The van der Waals surface area contributed by atoms with E-state index in [0.29, 0.717) is 5.82 Å². The van der Waals surface area contributed by atoms with Crippen LogP contribution in [-0.2, 0) is 6.54 Å². The van der Waals surface area contributed by atoms with Crippen LogP contribution in [0.25, 0.3) is 11.4 Å². The van der Waals surface area contributed by atoms with Gasteiger partial charge < -0.3 is 4.57 Å². The Hall–Kier alpha value is -1.05. The molecule has 0 radical (unpaired) electrons. The second kappa shape index (κ2) is 5.29. The van der Waals surface area contributed by atoms with Crippen molar-refractivity contribution in [2.45, 2.75) is 19.1 Å². The molecule has 0 aliphatic heterocycles. The fourth-order valence-electron chi connectivity index (χ4n) is 1.62. The monoisotopic (exact) mass is 366 g/mol. The molecule has 0 amide bonds. The molecule has 2 nitrogen and oxygen atoms in total. The molecule has 0 aliphatic carbocycles. The standard InChI is InChI=1S/C12H10F3IN2/c13-12(14,15)4-6-18-7-5-17-11(18)9-2-1-3-10(16)8-9/h1-3,5,7-8H,4,6H2. The lowest BCUT2D eigenvalue weighted by atomic mass is 10.2. The molecule has 18 heavy (non-hydrogen) atoms. The van der Waals surface area contributed by atoms with Gasteiger partial charge in [-0.25, -0.2) is 4.98 Å². The number of rotatable bonds is 3. The zero-order valence-electron chi connectivity index (χ0n) is 9.28. The normalized spacial score (nSPS) is 11.8. The summed E-state index contributed by atoms with van der Waals surface area (Å²) in [5.41, 5.74) is 0.828. The number of aromatic nitrogens is 2. The van der Waals surface area contributed by atoms with Gasteiger partial charge in [0.1, 0.15) is 5.82 Å². The molecule has 1 heterocycles. The first kappa shape index (κ1) is 13.4. The summed E-state index contributed by atoms with van der Waals surface area (Å²) in [5.74, 6) is 0.567. The van der Waals surface area contributed by atoms with Crippen LogP contribution >= 0.6 is 22.6 Å². The lowest BCUT2D eigenvalue weighted by Crippen LogP contribution is -2.12. The summed E-state index contributed by atoms with van der Waals surface area (Å²) in [6.07, 6.45) is -1.90. The van der Waals surface area contributed by atoms with Crippen LogP contribution in [0.3, 0.4) is 0 Å². The molecule has 0 bridgehead atoms. The smallest absolute Gasteiger partial charge is 0.331 e. The predicted molar refractivity (Wildman–Crippen MR) is 71.1 cm³/mol. The Bertz CT molecular complexity index is 534. The molecule has 0 aliphatic rings. The lowest BCUT2D eigenvalue weighted by molar-refractivity contribution is -0.136. The summed E-state index contributed by atoms with van der Waals surface area (Å²) in [7, 11) is 0. The minimum Gasteiger partial charge on any atom is -0.331 e. The first-order chi connectivity index (χ1) is 8.46. The van der Waals surface area contributed by atoms with Crippen molar-refractivity contribution in [3.05, 3.63) is 40.2 Å². The van der Waals surface area contributed by atoms with Crippen LogP contribution in [0.2, 0.25) is 0 Å². The van der Waals surface area contributed by atoms with E-state index in [4.69, 9.17) is 0 Å². The number of alkyl halides is 3. The third kappa shape index (κ3) is 3.47. The maximum Gasteiger partial charge on any atom is 0.390 e. The maximum absolute atomic E-state index is 12.2. The van der Waals surface area contributed by atoms with Gasteiger partial charge in [-0.1, -0.05) is 12.1 Å². The molecule has 0 spiro atoms. The van der Waals surface area contributed by atoms with E-state index in [9.17, 15) is 13.2 Å². The minimum absolute atomic E-state index is 0.107. The highest BCUT2D eigenvalue weighted by Crippen LogP contribution is 2.24. The minimum atomic E-state index is -4.15. The number of hydrogen-bond acceptors (Lipinski definition) is 1. The topological polar surface area (TPSA) is 17.8 Å². The van der Waals surface area contributed by atoms with Gasteiger partial charge in [-0.3, -0.25) is 0 Å². The van der Waals surface area contributed by atoms with E-state index < -0.39 is 12.6 Å². The summed E-state index contributed by atoms with van der Waals surface area (Å²) in [6.45, 7) is -0.107. The van der Waals surface area contributed by atoms with Crippen molar-refractivity contribution in [1.82, 2.24) is 9.55 Å². The van der Waals surface area contributed by atoms with Crippen LogP contribution in [0.5, 0.6) is 0 Å². The van der Waals surface area contributed by atoms with Crippen molar-refractivity contribution < 1.29 is 13.2 Å². The molecule has 0 N–H and O–H groups in total. The molecular weight excluding hydrogens is 356 g/mol. The third-order valence-electron chi connectivity index (χ3n) is 2.43. The highest BCUT2D eigenvalue weighted by atomic mass is 127. The molecule has 0 saturated heterocycles. The predicted octanol–water partition coefficient (Wildman–Crippen LogP) is 4.11. The Morgan fingerprint density at radius 3 is 2.72 bits per heavy atom. The Morgan fingerprint density at radius 1 is 1.28 bits per heavy atom. The van der Waals surface area contributed by atoms with Crippen molar-refractivity contribution in [1.29, 1.82) is 0 Å². The van der Waals surface area contributed by atoms with Crippen molar-refractivity contribution in [3.8, 4) is 11.4 Å². The van der Waals surface area contributed by atoms with Crippen LogP contribution in [0, 0.1) is 3.57 Å². The fraction of sp³-hybridized carbons (Fsp3) is 0.250. The van der Waals surface area contributed by atoms with Crippen molar-refractivity contribution >= 4 is 22.6 Å². The summed E-state index contributed by atoms with van der Waals surface area (Å²) in [4.78, 5) is 4.12. The maximum atomic E-state index is 12.2. The van der Waals surface area contributed by atoms with Gasteiger partial charge >= 0.3 is 6.18 Å². The molecule has 2 aromatic rings. The third-order valence-corrected chi connectivity index (χ3v) is 3.11. The van der Waals surface area contributed by atoms with Crippen LogP contribution in [0.4, 0.5) is 13.2 Å².